The molecular weight excluding hydrogens is 278 g/mol. The number of aliphatic carboxylic acids is 1. The van der Waals surface area contributed by atoms with Crippen molar-refractivity contribution in [2.24, 2.45) is 0 Å². The number of nitrogens with zero attached hydrogens (tertiary/aromatic N) is 2. The van der Waals surface area contributed by atoms with Crippen LogP contribution in [0.4, 0.5) is 4.79 Å². The van der Waals surface area contributed by atoms with Crippen LogP contribution in [0.15, 0.2) is 11.6 Å². The van der Waals surface area contributed by atoms with Crippen LogP contribution >= 0.6 is 11.3 Å². The molecule has 1 heterocycles. The molecule has 6 nitrogen and oxygen atoms in total. The number of aromatic nitrogens is 1. The predicted molar refractivity (Wildman–Crippen MR) is 77.8 cm³/mol. The van der Waals surface area contributed by atoms with Gasteiger partial charge in [0.25, 0.3) is 0 Å². The molecule has 0 saturated heterocycles. The summed E-state index contributed by atoms with van der Waals surface area (Å²) >= 11 is 1.48. The Labute approximate surface area is 122 Å². The second kappa shape index (κ2) is 7.84. The molecule has 0 bridgehead atoms. The zero-order valence-electron chi connectivity index (χ0n) is 12.0. The normalized spacial score (nSPS) is 13.6. The number of amides is 2. The van der Waals surface area contributed by atoms with E-state index in [1.54, 1.807) is 6.20 Å². The number of nitrogens with one attached hydrogen (secondary N) is 1. The maximum Gasteiger partial charge on any atom is 0.323 e. The van der Waals surface area contributed by atoms with Crippen LogP contribution in [0.5, 0.6) is 0 Å². The Kier molecular flexibility index (Phi) is 6.44. The monoisotopic (exact) mass is 299 g/mol. The first-order valence-corrected chi connectivity index (χ1v) is 7.55. The van der Waals surface area contributed by atoms with Crippen LogP contribution in [-0.4, -0.2) is 39.6 Å². The zero-order valence-corrected chi connectivity index (χ0v) is 12.8. The summed E-state index contributed by atoms with van der Waals surface area (Å²) in [5.41, 5.74) is 0. The van der Waals surface area contributed by atoms with E-state index in [2.05, 4.69) is 10.3 Å². The van der Waals surface area contributed by atoms with E-state index >= 15 is 0 Å². The lowest BCUT2D eigenvalue weighted by Crippen LogP contribution is -2.48. The third-order valence-electron chi connectivity index (χ3n) is 3.14. The Hall–Kier alpha value is -1.63. The van der Waals surface area contributed by atoms with Crippen LogP contribution in [0.25, 0.3) is 0 Å². The van der Waals surface area contributed by atoms with Crippen LogP contribution in [-0.2, 0) is 4.79 Å². The van der Waals surface area contributed by atoms with Gasteiger partial charge in [-0.25, -0.2) is 9.78 Å². The molecule has 112 valence electrons. The highest BCUT2D eigenvalue weighted by atomic mass is 32.1. The van der Waals surface area contributed by atoms with Gasteiger partial charge in [-0.2, -0.15) is 0 Å². The minimum Gasteiger partial charge on any atom is -0.480 e. The lowest BCUT2D eigenvalue weighted by atomic mass is 10.2. The summed E-state index contributed by atoms with van der Waals surface area (Å²) in [6.07, 6.45) is 3.11. The van der Waals surface area contributed by atoms with Gasteiger partial charge in [0.05, 0.1) is 6.04 Å². The first-order valence-electron chi connectivity index (χ1n) is 6.67. The van der Waals surface area contributed by atoms with Gasteiger partial charge in [-0.05, 0) is 19.8 Å². The van der Waals surface area contributed by atoms with E-state index in [1.165, 1.54) is 16.2 Å². The average Bonchev–Trinajstić information content (AvgIpc) is 2.94. The van der Waals surface area contributed by atoms with Gasteiger partial charge in [0.1, 0.15) is 11.6 Å². The summed E-state index contributed by atoms with van der Waals surface area (Å²) in [4.78, 5) is 28.7. The fourth-order valence-corrected chi connectivity index (χ4v) is 2.54. The predicted octanol–water partition coefficient (Wildman–Crippen LogP) is 2.49. The van der Waals surface area contributed by atoms with Gasteiger partial charge in [-0.3, -0.25) is 4.79 Å². The molecule has 1 aromatic heterocycles. The number of hydrogen-bond acceptors (Lipinski definition) is 4. The van der Waals surface area contributed by atoms with Crippen LogP contribution in [0.1, 0.15) is 44.7 Å². The van der Waals surface area contributed by atoms with Gasteiger partial charge in [0.2, 0.25) is 0 Å². The van der Waals surface area contributed by atoms with E-state index in [0.717, 1.165) is 5.01 Å². The standard InChI is InChI=1S/C13H21N3O3S/c1-4-9(3)16(8-11(17)18)13(19)15-10(5-2)12-14-6-7-20-12/h6-7,9-10H,4-5,8H2,1-3H3,(H,15,19)(H,17,18). The molecule has 2 atom stereocenters. The molecule has 0 saturated carbocycles. The highest BCUT2D eigenvalue weighted by Crippen LogP contribution is 2.19. The molecule has 7 heteroatoms. The minimum absolute atomic E-state index is 0.125. The van der Waals surface area contributed by atoms with Crippen molar-refractivity contribution < 1.29 is 14.7 Å². The van der Waals surface area contributed by atoms with Gasteiger partial charge in [-0.15, -0.1) is 11.3 Å². The van der Waals surface area contributed by atoms with E-state index in [9.17, 15) is 9.59 Å². The fourth-order valence-electron chi connectivity index (χ4n) is 1.77. The van der Waals surface area contributed by atoms with Crippen LogP contribution in [0, 0.1) is 0 Å². The van der Waals surface area contributed by atoms with Gasteiger partial charge < -0.3 is 15.3 Å². The van der Waals surface area contributed by atoms with Crippen molar-refractivity contribution in [2.75, 3.05) is 6.54 Å². The van der Waals surface area contributed by atoms with Crippen molar-refractivity contribution in [2.45, 2.75) is 45.7 Å². The van der Waals surface area contributed by atoms with Crippen LogP contribution in [0.3, 0.4) is 0 Å². The topological polar surface area (TPSA) is 82.5 Å². The molecule has 0 aliphatic heterocycles. The molecule has 2 N–H and O–H groups in total. The first-order chi connectivity index (χ1) is 9.49. The number of carbonyl (C=O) groups is 2. The third kappa shape index (κ3) is 4.48. The lowest BCUT2D eigenvalue weighted by Gasteiger charge is -2.28. The van der Waals surface area contributed by atoms with Gasteiger partial charge in [0, 0.05) is 17.6 Å². The summed E-state index contributed by atoms with van der Waals surface area (Å²) in [6.45, 7) is 5.42. The SMILES string of the molecule is CCC(NC(=O)N(CC(=O)O)C(C)CC)c1nccs1. The molecular formula is C13H21N3O3S. The summed E-state index contributed by atoms with van der Waals surface area (Å²) in [5.74, 6) is -1.01. The molecule has 2 unspecified atom stereocenters. The number of rotatable bonds is 7. The van der Waals surface area contributed by atoms with Gasteiger partial charge in [-0.1, -0.05) is 13.8 Å². The lowest BCUT2D eigenvalue weighted by molar-refractivity contribution is -0.138. The largest absolute Gasteiger partial charge is 0.480 e. The number of carboxylic acid groups (broad SMARTS) is 1. The van der Waals surface area contributed by atoms with E-state index in [-0.39, 0.29) is 24.7 Å². The van der Waals surface area contributed by atoms with E-state index in [1.807, 2.05) is 26.2 Å². The van der Waals surface area contributed by atoms with Crippen molar-refractivity contribution in [3.8, 4) is 0 Å². The fraction of sp³-hybridized carbons (Fsp3) is 0.615. The molecule has 1 rings (SSSR count). The summed E-state index contributed by atoms with van der Waals surface area (Å²) in [7, 11) is 0. The number of urea groups is 1. The first kappa shape index (κ1) is 16.4. The molecule has 0 aliphatic rings. The Bertz CT molecular complexity index is 436. The number of carboxylic acids is 1. The quantitative estimate of drug-likeness (QED) is 0.810. The van der Waals surface area contributed by atoms with Crippen molar-refractivity contribution in [3.63, 3.8) is 0 Å². The Balaban J connectivity index is 2.76. The minimum atomic E-state index is -1.01. The second-order valence-corrected chi connectivity index (χ2v) is 5.49. The van der Waals surface area contributed by atoms with Crippen LogP contribution in [0.2, 0.25) is 0 Å². The highest BCUT2D eigenvalue weighted by molar-refractivity contribution is 7.09. The van der Waals surface area contributed by atoms with Crippen molar-refractivity contribution in [1.82, 2.24) is 15.2 Å². The maximum atomic E-state index is 12.3. The van der Waals surface area contributed by atoms with E-state index < -0.39 is 5.97 Å². The number of thiazole rings is 1. The smallest absolute Gasteiger partial charge is 0.323 e. The summed E-state index contributed by atoms with van der Waals surface area (Å²) < 4.78 is 0. The summed E-state index contributed by atoms with van der Waals surface area (Å²) in [5, 5.41) is 14.5. The van der Waals surface area contributed by atoms with Gasteiger partial charge in [0.15, 0.2) is 0 Å². The molecule has 1 aromatic rings. The molecule has 0 aliphatic carbocycles. The summed E-state index contributed by atoms with van der Waals surface area (Å²) in [6, 6.07) is -0.661. The van der Waals surface area contributed by atoms with E-state index in [0.29, 0.717) is 12.8 Å². The van der Waals surface area contributed by atoms with Crippen molar-refractivity contribution in [1.29, 1.82) is 0 Å². The second-order valence-electron chi connectivity index (χ2n) is 4.56. The third-order valence-corrected chi connectivity index (χ3v) is 4.03. The van der Waals surface area contributed by atoms with Crippen molar-refractivity contribution in [3.05, 3.63) is 16.6 Å². The molecule has 20 heavy (non-hydrogen) atoms. The number of carbonyl (C=O) groups excluding carboxylic acids is 1. The molecule has 0 radical (unpaired) electrons. The van der Waals surface area contributed by atoms with Gasteiger partial charge >= 0.3 is 12.0 Å². The number of hydrogen-bond donors (Lipinski definition) is 2. The zero-order chi connectivity index (χ0) is 15.1. The van der Waals surface area contributed by atoms with Crippen LogP contribution < -0.4 is 5.32 Å². The highest BCUT2D eigenvalue weighted by Gasteiger charge is 2.24. The Morgan fingerprint density at radius 1 is 1.45 bits per heavy atom. The average molecular weight is 299 g/mol. The Morgan fingerprint density at radius 3 is 2.60 bits per heavy atom. The van der Waals surface area contributed by atoms with Crippen molar-refractivity contribution >= 4 is 23.3 Å². The molecule has 0 fully saturated rings. The molecule has 2 amide bonds. The maximum absolute atomic E-state index is 12.3. The molecule has 0 spiro atoms. The van der Waals surface area contributed by atoms with E-state index in [4.69, 9.17) is 5.11 Å². The Morgan fingerprint density at radius 2 is 2.15 bits per heavy atom. The molecule has 0 aromatic carbocycles.